The van der Waals surface area contributed by atoms with E-state index in [1.165, 1.54) is 0 Å². The van der Waals surface area contributed by atoms with E-state index in [2.05, 4.69) is 10.6 Å². The van der Waals surface area contributed by atoms with Gasteiger partial charge in [-0.1, -0.05) is 0 Å². The van der Waals surface area contributed by atoms with Crippen LogP contribution in [0.25, 0.3) is 0 Å². The predicted octanol–water partition coefficient (Wildman–Crippen LogP) is -0.491. The second-order valence-electron chi connectivity index (χ2n) is 4.38. The van der Waals surface area contributed by atoms with Crippen molar-refractivity contribution in [3.63, 3.8) is 0 Å². The highest BCUT2D eigenvalue weighted by atomic mass is 16.2. The highest BCUT2D eigenvalue weighted by Gasteiger charge is 2.45. The number of nitrogens with one attached hydrogen (secondary N) is 2. The zero-order valence-corrected chi connectivity index (χ0v) is 9.30. The van der Waals surface area contributed by atoms with Gasteiger partial charge in [0.2, 0.25) is 11.8 Å². The number of carbonyl (C=O) groups is 2. The molecule has 2 amide bonds. The van der Waals surface area contributed by atoms with Crippen LogP contribution in [0.5, 0.6) is 0 Å². The van der Waals surface area contributed by atoms with E-state index in [0.717, 1.165) is 12.8 Å². The molecular formula is C10H19N3O2. The Morgan fingerprint density at radius 1 is 1.40 bits per heavy atom. The lowest BCUT2D eigenvalue weighted by Crippen LogP contribution is -2.44. The van der Waals surface area contributed by atoms with Crippen molar-refractivity contribution in [3.05, 3.63) is 0 Å². The van der Waals surface area contributed by atoms with Crippen LogP contribution in [-0.4, -0.2) is 29.9 Å². The monoisotopic (exact) mass is 213 g/mol. The number of carbonyl (C=O) groups excluding carboxylic acids is 2. The number of amides is 2. The van der Waals surface area contributed by atoms with Crippen molar-refractivity contribution >= 4 is 11.8 Å². The molecule has 0 spiro atoms. The first kappa shape index (κ1) is 12.0. The first-order valence-corrected chi connectivity index (χ1v) is 5.30. The minimum atomic E-state index is -0.644. The van der Waals surface area contributed by atoms with Crippen molar-refractivity contribution < 1.29 is 9.59 Å². The zero-order chi connectivity index (χ0) is 11.5. The van der Waals surface area contributed by atoms with Gasteiger partial charge >= 0.3 is 0 Å². The van der Waals surface area contributed by atoms with E-state index in [1.807, 2.05) is 13.8 Å². The SMILES string of the molecule is CC(C)NC(=O)CCNC(=O)C1(N)CC1. The maximum atomic E-state index is 11.4. The highest BCUT2D eigenvalue weighted by molar-refractivity contribution is 5.89. The summed E-state index contributed by atoms with van der Waals surface area (Å²) in [7, 11) is 0. The van der Waals surface area contributed by atoms with Gasteiger partial charge < -0.3 is 16.4 Å². The van der Waals surface area contributed by atoms with Gasteiger partial charge in [0.15, 0.2) is 0 Å². The Labute approximate surface area is 89.8 Å². The Bertz CT molecular complexity index is 259. The molecule has 0 aliphatic heterocycles. The zero-order valence-electron chi connectivity index (χ0n) is 9.30. The van der Waals surface area contributed by atoms with Gasteiger partial charge in [0, 0.05) is 19.0 Å². The summed E-state index contributed by atoms with van der Waals surface area (Å²) in [5.41, 5.74) is 5.03. The second-order valence-corrected chi connectivity index (χ2v) is 4.38. The van der Waals surface area contributed by atoms with Crippen LogP contribution in [0, 0.1) is 0 Å². The highest BCUT2D eigenvalue weighted by Crippen LogP contribution is 2.31. The molecule has 1 aliphatic rings. The molecule has 1 saturated carbocycles. The van der Waals surface area contributed by atoms with E-state index in [4.69, 9.17) is 5.73 Å². The summed E-state index contributed by atoms with van der Waals surface area (Å²) in [4.78, 5) is 22.6. The van der Waals surface area contributed by atoms with Crippen LogP contribution >= 0.6 is 0 Å². The van der Waals surface area contributed by atoms with Gasteiger partial charge in [-0.05, 0) is 26.7 Å². The van der Waals surface area contributed by atoms with Gasteiger partial charge in [-0.2, -0.15) is 0 Å². The smallest absolute Gasteiger partial charge is 0.240 e. The number of hydrogen-bond donors (Lipinski definition) is 3. The predicted molar refractivity (Wildman–Crippen MR) is 57.1 cm³/mol. The molecule has 86 valence electrons. The molecule has 1 rings (SSSR count). The van der Waals surface area contributed by atoms with Crippen LogP contribution in [0.3, 0.4) is 0 Å². The molecule has 5 nitrogen and oxygen atoms in total. The molecule has 0 radical (unpaired) electrons. The Balaban J connectivity index is 2.11. The average Bonchev–Trinajstić information content (AvgIpc) is 2.83. The third-order valence-corrected chi connectivity index (χ3v) is 2.33. The molecule has 1 aliphatic carbocycles. The maximum absolute atomic E-state index is 11.4. The molecule has 4 N–H and O–H groups in total. The normalized spacial score (nSPS) is 17.3. The maximum Gasteiger partial charge on any atom is 0.240 e. The number of rotatable bonds is 5. The Morgan fingerprint density at radius 2 is 2.00 bits per heavy atom. The topological polar surface area (TPSA) is 84.2 Å². The lowest BCUT2D eigenvalue weighted by atomic mass is 10.2. The molecule has 0 bridgehead atoms. The van der Waals surface area contributed by atoms with Crippen molar-refractivity contribution in [1.82, 2.24) is 10.6 Å². The quantitative estimate of drug-likeness (QED) is 0.576. The van der Waals surface area contributed by atoms with Crippen molar-refractivity contribution in [2.45, 2.75) is 44.7 Å². The van der Waals surface area contributed by atoms with Crippen LogP contribution < -0.4 is 16.4 Å². The molecule has 1 fully saturated rings. The van der Waals surface area contributed by atoms with Crippen LogP contribution in [-0.2, 0) is 9.59 Å². The summed E-state index contributed by atoms with van der Waals surface area (Å²) >= 11 is 0. The van der Waals surface area contributed by atoms with Gasteiger partial charge in [0.05, 0.1) is 5.54 Å². The molecule has 0 aromatic rings. The molecule has 0 aromatic heterocycles. The van der Waals surface area contributed by atoms with E-state index in [0.29, 0.717) is 13.0 Å². The Kier molecular flexibility index (Phi) is 3.68. The van der Waals surface area contributed by atoms with Gasteiger partial charge in [0.25, 0.3) is 0 Å². The Morgan fingerprint density at radius 3 is 2.47 bits per heavy atom. The van der Waals surface area contributed by atoms with E-state index in [9.17, 15) is 9.59 Å². The lowest BCUT2D eigenvalue weighted by molar-refractivity contribution is -0.123. The van der Waals surface area contributed by atoms with Crippen LogP contribution in [0.1, 0.15) is 33.1 Å². The summed E-state index contributed by atoms with van der Waals surface area (Å²) in [6.45, 7) is 4.15. The third kappa shape index (κ3) is 3.87. The number of nitrogens with two attached hydrogens (primary N) is 1. The van der Waals surface area contributed by atoms with Crippen LogP contribution in [0.2, 0.25) is 0 Å². The van der Waals surface area contributed by atoms with E-state index >= 15 is 0 Å². The molecule has 15 heavy (non-hydrogen) atoms. The van der Waals surface area contributed by atoms with Gasteiger partial charge in [-0.3, -0.25) is 9.59 Å². The minimum Gasteiger partial charge on any atom is -0.354 e. The summed E-state index contributed by atoms with van der Waals surface area (Å²) in [6, 6.07) is 0.137. The van der Waals surface area contributed by atoms with Crippen molar-refractivity contribution in [1.29, 1.82) is 0 Å². The summed E-state index contributed by atoms with van der Waals surface area (Å²) in [6.07, 6.45) is 1.80. The van der Waals surface area contributed by atoms with Crippen molar-refractivity contribution in [2.24, 2.45) is 5.73 Å². The average molecular weight is 213 g/mol. The molecule has 0 saturated heterocycles. The van der Waals surface area contributed by atoms with Gasteiger partial charge in [-0.25, -0.2) is 0 Å². The van der Waals surface area contributed by atoms with Gasteiger partial charge in [-0.15, -0.1) is 0 Å². The molecule has 0 atom stereocenters. The Hall–Kier alpha value is -1.10. The third-order valence-electron chi connectivity index (χ3n) is 2.33. The van der Waals surface area contributed by atoms with Gasteiger partial charge in [0.1, 0.15) is 0 Å². The van der Waals surface area contributed by atoms with Crippen molar-refractivity contribution in [2.75, 3.05) is 6.54 Å². The van der Waals surface area contributed by atoms with Crippen LogP contribution in [0.15, 0.2) is 0 Å². The molecule has 0 unspecified atom stereocenters. The molecule has 0 aromatic carbocycles. The summed E-state index contributed by atoms with van der Waals surface area (Å²) in [5.74, 6) is -0.188. The number of hydrogen-bond acceptors (Lipinski definition) is 3. The molecule has 0 heterocycles. The fourth-order valence-electron chi connectivity index (χ4n) is 1.22. The largest absolute Gasteiger partial charge is 0.354 e. The van der Waals surface area contributed by atoms with Crippen LogP contribution in [0.4, 0.5) is 0 Å². The molecular weight excluding hydrogens is 194 g/mol. The first-order valence-electron chi connectivity index (χ1n) is 5.30. The van der Waals surface area contributed by atoms with E-state index in [1.54, 1.807) is 0 Å². The summed E-state index contributed by atoms with van der Waals surface area (Å²) < 4.78 is 0. The lowest BCUT2D eigenvalue weighted by Gasteiger charge is -2.11. The fourth-order valence-corrected chi connectivity index (χ4v) is 1.22. The first-order chi connectivity index (χ1) is 6.94. The summed E-state index contributed by atoms with van der Waals surface area (Å²) in [5, 5.41) is 5.41. The van der Waals surface area contributed by atoms with E-state index < -0.39 is 5.54 Å². The standard InChI is InChI=1S/C10H19N3O2/c1-7(2)13-8(14)3-6-12-9(15)10(11)4-5-10/h7H,3-6,11H2,1-2H3,(H,12,15)(H,13,14). The van der Waals surface area contributed by atoms with Crippen molar-refractivity contribution in [3.8, 4) is 0 Å². The fraction of sp³-hybridized carbons (Fsp3) is 0.800. The minimum absolute atomic E-state index is 0.0489. The second kappa shape index (κ2) is 4.61. The molecule has 5 heteroatoms. The van der Waals surface area contributed by atoms with E-state index in [-0.39, 0.29) is 17.9 Å².